The largest absolute Gasteiger partial charge is 0.488 e. The van der Waals surface area contributed by atoms with Gasteiger partial charge in [-0.05, 0) is 43.8 Å². The lowest BCUT2D eigenvalue weighted by atomic mass is 10.1. The van der Waals surface area contributed by atoms with Crippen LogP contribution in [0.2, 0.25) is 4.34 Å². The molecule has 1 aromatic heterocycles. The molecule has 0 bridgehead atoms. The van der Waals surface area contributed by atoms with E-state index in [0.29, 0.717) is 36.9 Å². The van der Waals surface area contributed by atoms with Gasteiger partial charge in [-0.2, -0.15) is 13.2 Å². The van der Waals surface area contributed by atoms with Crippen LogP contribution in [-0.4, -0.2) is 39.6 Å². The second-order valence-corrected chi connectivity index (χ2v) is 11.5. The third-order valence-corrected chi connectivity index (χ3v) is 8.49. The van der Waals surface area contributed by atoms with Crippen molar-refractivity contribution < 1.29 is 35.1 Å². The molecule has 1 saturated heterocycles. The van der Waals surface area contributed by atoms with Gasteiger partial charge in [-0.25, -0.2) is 17.2 Å². The maximum atomic E-state index is 14.4. The van der Waals surface area contributed by atoms with E-state index in [9.17, 15) is 30.4 Å². The number of nitrogens with zero attached hydrogens (tertiary/aromatic N) is 1. The van der Waals surface area contributed by atoms with Gasteiger partial charge in [-0.1, -0.05) is 11.6 Å². The number of halogens is 6. The number of sulfonamides is 1. The van der Waals surface area contributed by atoms with Gasteiger partial charge in [-0.15, -0.1) is 11.3 Å². The van der Waals surface area contributed by atoms with Crippen LogP contribution < -0.4 is 9.46 Å². The number of likely N-dealkylation sites (tertiary alicyclic amines) is 1. The first-order valence-corrected chi connectivity index (χ1v) is 12.9. The number of nitrogens with one attached hydrogen (secondary N) is 1. The first-order chi connectivity index (χ1) is 16.3. The fraction of sp³-hybridized carbons (Fsp3) is 0.273. The molecule has 2 heterocycles. The Hall–Kier alpha value is -2.41. The number of hydrogen-bond acceptors (Lipinski definition) is 5. The molecule has 35 heavy (non-hydrogen) atoms. The van der Waals surface area contributed by atoms with E-state index in [1.165, 1.54) is 6.07 Å². The third kappa shape index (κ3) is 5.71. The van der Waals surface area contributed by atoms with Gasteiger partial charge < -0.3 is 9.64 Å². The maximum Gasteiger partial charge on any atom is 0.419 e. The van der Waals surface area contributed by atoms with Crippen molar-refractivity contribution in [2.24, 2.45) is 0 Å². The minimum absolute atomic E-state index is 0.0193. The first kappa shape index (κ1) is 25.7. The number of anilines is 1. The summed E-state index contributed by atoms with van der Waals surface area (Å²) in [6.07, 6.45) is -4.69. The van der Waals surface area contributed by atoms with E-state index in [4.69, 9.17) is 16.3 Å². The van der Waals surface area contributed by atoms with Gasteiger partial charge in [-0.3, -0.25) is 4.72 Å². The Morgan fingerprint density at radius 1 is 1.11 bits per heavy atom. The van der Waals surface area contributed by atoms with Gasteiger partial charge in [0.05, 0.1) is 15.6 Å². The fourth-order valence-corrected chi connectivity index (χ4v) is 6.66. The van der Waals surface area contributed by atoms with E-state index in [1.807, 2.05) is 11.9 Å². The van der Waals surface area contributed by atoms with Crippen molar-refractivity contribution in [3.05, 3.63) is 64.0 Å². The topological polar surface area (TPSA) is 58.6 Å². The highest BCUT2D eigenvalue weighted by Gasteiger charge is 2.36. The van der Waals surface area contributed by atoms with Crippen LogP contribution in [0.4, 0.5) is 27.6 Å². The molecule has 1 atom stereocenters. The first-order valence-electron chi connectivity index (χ1n) is 10.2. The zero-order valence-electron chi connectivity index (χ0n) is 18.0. The van der Waals surface area contributed by atoms with Gasteiger partial charge in [0.25, 0.3) is 10.0 Å². The highest BCUT2D eigenvalue weighted by molar-refractivity contribution is 7.94. The molecule has 188 valence electrons. The van der Waals surface area contributed by atoms with Crippen LogP contribution in [-0.2, 0) is 16.2 Å². The Balaban J connectivity index is 1.69. The fourth-order valence-electron chi connectivity index (χ4n) is 3.73. The Labute approximate surface area is 207 Å². The van der Waals surface area contributed by atoms with Crippen molar-refractivity contribution in [1.82, 2.24) is 4.90 Å². The van der Waals surface area contributed by atoms with Crippen molar-refractivity contribution in [2.45, 2.75) is 22.9 Å². The predicted molar refractivity (Wildman–Crippen MR) is 123 cm³/mol. The van der Waals surface area contributed by atoms with Crippen molar-refractivity contribution >= 4 is 38.6 Å². The molecule has 4 rings (SSSR count). The summed E-state index contributed by atoms with van der Waals surface area (Å²) in [4.78, 5) is 1.90. The van der Waals surface area contributed by atoms with E-state index in [2.05, 4.69) is 4.72 Å². The summed E-state index contributed by atoms with van der Waals surface area (Å²) in [6, 6.07) is 6.51. The highest BCUT2D eigenvalue weighted by atomic mass is 35.5. The van der Waals surface area contributed by atoms with E-state index in [1.54, 1.807) is 0 Å². The van der Waals surface area contributed by atoms with E-state index in [0.717, 1.165) is 30.3 Å². The molecule has 3 aromatic rings. The number of alkyl halides is 3. The van der Waals surface area contributed by atoms with Crippen LogP contribution >= 0.6 is 22.9 Å². The Kier molecular flexibility index (Phi) is 7.02. The number of hydrogen-bond donors (Lipinski definition) is 1. The number of thiophene rings is 1. The smallest absolute Gasteiger partial charge is 0.419 e. The Morgan fingerprint density at radius 3 is 2.49 bits per heavy atom. The molecular weight excluding hydrogens is 535 g/mol. The molecule has 5 nitrogen and oxygen atoms in total. The normalized spacial score (nSPS) is 17.1. The molecule has 1 aliphatic rings. The van der Waals surface area contributed by atoms with Gasteiger partial charge >= 0.3 is 6.18 Å². The average Bonchev–Trinajstić information content (AvgIpc) is 3.32. The second kappa shape index (κ2) is 9.57. The number of benzene rings is 2. The number of likely N-dealkylation sites (N-methyl/N-ethyl adjacent to an activating group) is 1. The van der Waals surface area contributed by atoms with Crippen LogP contribution in [0.25, 0.3) is 11.1 Å². The lowest BCUT2D eigenvalue weighted by molar-refractivity contribution is -0.139. The summed E-state index contributed by atoms with van der Waals surface area (Å²) in [5, 5.41) is 0. The summed E-state index contributed by atoms with van der Waals surface area (Å²) in [6.45, 7) is 1.08. The standard InChI is InChI=1S/C22H18ClF5N2O3S2/c1-30-7-6-14(11-30)33-19-9-13(3-5-17(19)22(26,27)28)29-35(31,32)21-16(10-20(23)34-21)15-4-2-12(24)8-18(15)25/h2-5,8-10,14,29H,6-7,11H2,1H3/t14-/m1/s1. The zero-order valence-corrected chi connectivity index (χ0v) is 20.4. The van der Waals surface area contributed by atoms with Gasteiger partial charge in [0.2, 0.25) is 0 Å². The number of ether oxygens (including phenoxy) is 1. The second-order valence-electron chi connectivity index (χ2n) is 7.98. The van der Waals surface area contributed by atoms with Crippen molar-refractivity contribution in [1.29, 1.82) is 0 Å². The molecule has 1 fully saturated rings. The van der Waals surface area contributed by atoms with Crippen molar-refractivity contribution in [2.75, 3.05) is 24.9 Å². The maximum absolute atomic E-state index is 14.4. The minimum atomic E-state index is -4.72. The molecule has 0 spiro atoms. The third-order valence-electron chi connectivity index (χ3n) is 5.31. The number of rotatable bonds is 6. The SMILES string of the molecule is CN1CC[C@@H](Oc2cc(NS(=O)(=O)c3sc(Cl)cc3-c3ccc(F)cc3F)ccc2C(F)(F)F)C1. The molecule has 0 aliphatic carbocycles. The molecule has 0 amide bonds. The summed E-state index contributed by atoms with van der Waals surface area (Å²) >= 11 is 6.62. The monoisotopic (exact) mass is 552 g/mol. The van der Waals surface area contributed by atoms with Crippen molar-refractivity contribution in [3.8, 4) is 16.9 Å². The van der Waals surface area contributed by atoms with Crippen molar-refractivity contribution in [3.63, 3.8) is 0 Å². The summed E-state index contributed by atoms with van der Waals surface area (Å²) in [5.74, 6) is -2.35. The van der Waals surface area contributed by atoms with Crippen LogP contribution in [0.15, 0.2) is 46.7 Å². The van der Waals surface area contributed by atoms with Crippen LogP contribution in [0.1, 0.15) is 12.0 Å². The molecule has 1 N–H and O–H groups in total. The predicted octanol–water partition coefficient (Wildman–Crippen LogP) is 6.25. The summed E-state index contributed by atoms with van der Waals surface area (Å²) < 4.78 is 102. The van der Waals surface area contributed by atoms with E-state index >= 15 is 0 Å². The Morgan fingerprint density at radius 2 is 1.86 bits per heavy atom. The zero-order chi connectivity index (χ0) is 25.5. The highest BCUT2D eigenvalue weighted by Crippen LogP contribution is 2.41. The van der Waals surface area contributed by atoms with Crippen LogP contribution in [0, 0.1) is 11.6 Å². The van der Waals surface area contributed by atoms with Gasteiger partial charge in [0, 0.05) is 36.3 Å². The lowest BCUT2D eigenvalue weighted by Crippen LogP contribution is -2.23. The van der Waals surface area contributed by atoms with Crippen LogP contribution in [0.5, 0.6) is 5.75 Å². The molecule has 1 aliphatic heterocycles. The lowest BCUT2D eigenvalue weighted by Gasteiger charge is -2.19. The Bertz CT molecular complexity index is 1360. The molecule has 2 aromatic carbocycles. The van der Waals surface area contributed by atoms with E-state index in [-0.39, 0.29) is 25.4 Å². The van der Waals surface area contributed by atoms with Gasteiger partial charge in [0.1, 0.15) is 27.7 Å². The quantitative estimate of drug-likeness (QED) is 0.367. The van der Waals surface area contributed by atoms with Gasteiger partial charge in [0.15, 0.2) is 0 Å². The van der Waals surface area contributed by atoms with E-state index < -0.39 is 45.3 Å². The minimum Gasteiger partial charge on any atom is -0.488 e. The molecule has 13 heteroatoms. The summed E-state index contributed by atoms with van der Waals surface area (Å²) in [5.41, 5.74) is -1.53. The molecule has 0 radical (unpaired) electrons. The average molecular weight is 553 g/mol. The summed E-state index contributed by atoms with van der Waals surface area (Å²) in [7, 11) is -2.61. The molecule has 0 unspecified atom stereocenters. The molecular formula is C22H18ClF5N2O3S2. The van der Waals surface area contributed by atoms with Crippen LogP contribution in [0.3, 0.4) is 0 Å². The molecule has 0 saturated carbocycles.